The highest BCUT2D eigenvalue weighted by Gasteiger charge is 2.31. The number of rotatable bonds is 6. The molecule has 1 amide bonds. The molecule has 0 aliphatic heterocycles. The van der Waals surface area contributed by atoms with Gasteiger partial charge < -0.3 is 14.4 Å². The molecule has 0 bridgehead atoms. The first kappa shape index (κ1) is 20.4. The second-order valence-electron chi connectivity index (χ2n) is 6.45. The summed E-state index contributed by atoms with van der Waals surface area (Å²) in [6.07, 6.45) is 1.91. The molecule has 10 heteroatoms. The number of hydrogen-bond donors (Lipinski definition) is 0. The van der Waals surface area contributed by atoms with Crippen LogP contribution in [0.3, 0.4) is 0 Å². The van der Waals surface area contributed by atoms with E-state index in [-0.39, 0.29) is 11.4 Å². The van der Waals surface area contributed by atoms with Crippen molar-refractivity contribution in [1.29, 1.82) is 0 Å². The number of halogens is 2. The molecule has 0 spiro atoms. The van der Waals surface area contributed by atoms with Crippen LogP contribution in [0.4, 0.5) is 8.78 Å². The summed E-state index contributed by atoms with van der Waals surface area (Å²) in [5.41, 5.74) is 1.68. The van der Waals surface area contributed by atoms with Crippen LogP contribution in [-0.4, -0.2) is 59.8 Å². The number of carbonyl (C=O) groups is 3. The summed E-state index contributed by atoms with van der Waals surface area (Å²) in [5.74, 6) is -4.09. The Morgan fingerprint density at radius 2 is 1.72 bits per heavy atom. The summed E-state index contributed by atoms with van der Waals surface area (Å²) in [5, 5.41) is 4.29. The van der Waals surface area contributed by atoms with Crippen molar-refractivity contribution < 1.29 is 32.6 Å². The number of ether oxygens (including phenoxy) is 2. The Balaban J connectivity index is 2.00. The normalized spacial score (nSPS) is 12.4. The first-order valence-corrected chi connectivity index (χ1v) is 8.84. The summed E-state index contributed by atoms with van der Waals surface area (Å²) < 4.78 is 37.5. The van der Waals surface area contributed by atoms with E-state index in [0.717, 1.165) is 23.5 Å². The molecular weight excluding hydrogens is 388 g/mol. The minimum Gasteiger partial charge on any atom is -0.468 e. The van der Waals surface area contributed by atoms with Gasteiger partial charge in [0.2, 0.25) is 0 Å². The van der Waals surface area contributed by atoms with Gasteiger partial charge >= 0.3 is 11.9 Å². The molecule has 8 nitrogen and oxygen atoms in total. The number of fused-ring (bicyclic) bond motifs is 1. The molecule has 29 heavy (non-hydrogen) atoms. The van der Waals surface area contributed by atoms with Gasteiger partial charge in [0.1, 0.15) is 13.1 Å². The van der Waals surface area contributed by atoms with Crippen molar-refractivity contribution in [2.45, 2.75) is 19.3 Å². The minimum atomic E-state index is -1.03. The van der Waals surface area contributed by atoms with Crippen molar-refractivity contribution in [3.8, 4) is 5.69 Å². The van der Waals surface area contributed by atoms with E-state index in [4.69, 9.17) is 0 Å². The number of aromatic nitrogens is 2. The van der Waals surface area contributed by atoms with E-state index in [1.807, 2.05) is 0 Å². The lowest BCUT2D eigenvalue weighted by Gasteiger charge is -2.19. The number of esters is 2. The number of methoxy groups -OCH3 is 2. The third-order valence-corrected chi connectivity index (χ3v) is 4.66. The molecule has 1 aromatic heterocycles. The highest BCUT2D eigenvalue weighted by atomic mass is 19.2. The van der Waals surface area contributed by atoms with Crippen molar-refractivity contribution in [3.05, 3.63) is 46.8 Å². The molecule has 0 saturated heterocycles. The second kappa shape index (κ2) is 8.38. The predicted molar refractivity (Wildman–Crippen MR) is 95.4 cm³/mol. The van der Waals surface area contributed by atoms with E-state index in [0.29, 0.717) is 24.1 Å². The summed E-state index contributed by atoms with van der Waals surface area (Å²) >= 11 is 0. The van der Waals surface area contributed by atoms with Gasteiger partial charge in [-0.05, 0) is 31.4 Å². The van der Waals surface area contributed by atoms with Crippen LogP contribution in [0.15, 0.2) is 18.2 Å². The van der Waals surface area contributed by atoms with Gasteiger partial charge in [-0.2, -0.15) is 5.10 Å². The topological polar surface area (TPSA) is 90.7 Å². The SMILES string of the molecule is COC(=O)CN(CC(=O)OC)C(=O)c1nn(-c2ccc(F)c(F)c2)c2c1CCC2. The standard InChI is InChI=1S/C19H19F2N3O5/c1-28-16(25)9-23(10-17(26)29-2)19(27)18-12-4-3-5-15(12)24(22-18)11-6-7-13(20)14(21)8-11/h6-8H,3-5,9-10H2,1-2H3. The van der Waals surface area contributed by atoms with Crippen molar-refractivity contribution in [2.75, 3.05) is 27.3 Å². The molecule has 1 aliphatic rings. The quantitative estimate of drug-likeness (QED) is 0.673. The summed E-state index contributed by atoms with van der Waals surface area (Å²) in [4.78, 5) is 37.4. The molecule has 3 rings (SSSR count). The lowest BCUT2D eigenvalue weighted by Crippen LogP contribution is -2.40. The van der Waals surface area contributed by atoms with Gasteiger partial charge in [0.05, 0.1) is 19.9 Å². The number of carbonyl (C=O) groups excluding carboxylic acids is 3. The molecule has 0 unspecified atom stereocenters. The molecule has 1 aliphatic carbocycles. The Morgan fingerprint density at radius 3 is 2.31 bits per heavy atom. The number of hydrogen-bond acceptors (Lipinski definition) is 6. The zero-order chi connectivity index (χ0) is 21.1. The van der Waals surface area contributed by atoms with E-state index >= 15 is 0 Å². The summed E-state index contributed by atoms with van der Waals surface area (Å²) in [6.45, 7) is -0.922. The zero-order valence-corrected chi connectivity index (χ0v) is 15.9. The van der Waals surface area contributed by atoms with Crippen LogP contribution in [0.1, 0.15) is 28.2 Å². The van der Waals surface area contributed by atoms with Gasteiger partial charge in [0.25, 0.3) is 5.91 Å². The molecule has 0 fully saturated rings. The molecule has 0 radical (unpaired) electrons. The van der Waals surface area contributed by atoms with Gasteiger partial charge in [-0.15, -0.1) is 0 Å². The lowest BCUT2D eigenvalue weighted by molar-refractivity contribution is -0.144. The van der Waals surface area contributed by atoms with E-state index in [1.54, 1.807) is 0 Å². The summed E-state index contributed by atoms with van der Waals surface area (Å²) in [7, 11) is 2.33. The fourth-order valence-electron chi connectivity index (χ4n) is 3.23. The Hall–Kier alpha value is -3.30. The Bertz CT molecular complexity index is 955. The molecule has 0 N–H and O–H groups in total. The van der Waals surface area contributed by atoms with Gasteiger partial charge in [0, 0.05) is 17.3 Å². The molecule has 0 saturated carbocycles. The van der Waals surface area contributed by atoms with Crippen LogP contribution in [0, 0.1) is 11.6 Å². The molecule has 2 aromatic rings. The van der Waals surface area contributed by atoms with Crippen LogP contribution in [0.25, 0.3) is 5.69 Å². The van der Waals surface area contributed by atoms with Crippen molar-refractivity contribution in [3.63, 3.8) is 0 Å². The fourth-order valence-corrected chi connectivity index (χ4v) is 3.23. The Kier molecular flexibility index (Phi) is 5.90. The molecule has 0 atom stereocenters. The first-order chi connectivity index (χ1) is 13.8. The molecular formula is C19H19F2N3O5. The van der Waals surface area contributed by atoms with Crippen molar-refractivity contribution >= 4 is 17.8 Å². The highest BCUT2D eigenvalue weighted by molar-refractivity contribution is 5.97. The first-order valence-electron chi connectivity index (χ1n) is 8.84. The fraction of sp³-hybridized carbons (Fsp3) is 0.368. The molecule has 1 aromatic carbocycles. The smallest absolute Gasteiger partial charge is 0.325 e. The van der Waals surface area contributed by atoms with Crippen LogP contribution in [0.5, 0.6) is 0 Å². The Labute approximate surface area is 165 Å². The van der Waals surface area contributed by atoms with Crippen molar-refractivity contribution in [2.24, 2.45) is 0 Å². The van der Waals surface area contributed by atoms with E-state index in [9.17, 15) is 23.2 Å². The van der Waals surface area contributed by atoms with Gasteiger partial charge in [-0.3, -0.25) is 14.4 Å². The van der Waals surface area contributed by atoms with E-state index in [2.05, 4.69) is 14.6 Å². The summed E-state index contributed by atoms with van der Waals surface area (Å²) in [6, 6.07) is 3.34. The highest BCUT2D eigenvalue weighted by Crippen LogP contribution is 2.29. The van der Waals surface area contributed by atoms with Crippen LogP contribution >= 0.6 is 0 Å². The van der Waals surface area contributed by atoms with E-state index in [1.165, 1.54) is 25.0 Å². The maximum absolute atomic E-state index is 13.7. The number of nitrogens with zero attached hydrogens (tertiary/aromatic N) is 3. The third kappa shape index (κ3) is 4.10. The number of amides is 1. The largest absolute Gasteiger partial charge is 0.468 e. The van der Waals surface area contributed by atoms with E-state index < -0.39 is 42.6 Å². The second-order valence-corrected chi connectivity index (χ2v) is 6.45. The molecule has 154 valence electrons. The maximum atomic E-state index is 13.7. The van der Waals surface area contributed by atoms with Gasteiger partial charge in [-0.1, -0.05) is 0 Å². The van der Waals surface area contributed by atoms with Crippen LogP contribution in [-0.2, 0) is 31.9 Å². The lowest BCUT2D eigenvalue weighted by atomic mass is 10.2. The predicted octanol–water partition coefficient (Wildman–Crippen LogP) is 1.43. The Morgan fingerprint density at radius 1 is 1.07 bits per heavy atom. The van der Waals surface area contributed by atoms with Crippen LogP contribution in [0.2, 0.25) is 0 Å². The van der Waals surface area contributed by atoms with Gasteiger partial charge in [0.15, 0.2) is 17.3 Å². The average molecular weight is 407 g/mol. The van der Waals surface area contributed by atoms with Gasteiger partial charge in [-0.25, -0.2) is 13.5 Å². The van der Waals surface area contributed by atoms with Crippen LogP contribution < -0.4 is 0 Å². The molecule has 1 heterocycles. The number of benzene rings is 1. The minimum absolute atomic E-state index is 0.0510. The van der Waals surface area contributed by atoms with Crippen molar-refractivity contribution in [1.82, 2.24) is 14.7 Å². The zero-order valence-electron chi connectivity index (χ0n) is 15.9. The maximum Gasteiger partial charge on any atom is 0.325 e. The third-order valence-electron chi connectivity index (χ3n) is 4.66. The average Bonchev–Trinajstić information content (AvgIpc) is 3.31. The monoisotopic (exact) mass is 407 g/mol.